The lowest BCUT2D eigenvalue weighted by molar-refractivity contribution is -0.135. The first kappa shape index (κ1) is 15.2. The predicted molar refractivity (Wildman–Crippen MR) is 78.5 cm³/mol. The molecule has 1 saturated carbocycles. The number of nitrogens with zero attached hydrogens (tertiary/aromatic N) is 1. The van der Waals surface area contributed by atoms with Gasteiger partial charge in [-0.1, -0.05) is 12.8 Å². The number of hydrogen-bond donors (Lipinski definition) is 3. The Hall–Kier alpha value is -2.24. The average molecular weight is 292 g/mol. The van der Waals surface area contributed by atoms with E-state index >= 15 is 0 Å². The van der Waals surface area contributed by atoms with Crippen molar-refractivity contribution in [2.24, 2.45) is 0 Å². The Bertz CT molecular complexity index is 521. The average Bonchev–Trinajstić information content (AvgIpc) is 2.83. The number of carbonyl (C=O) groups excluding carboxylic acids is 1. The molecule has 0 aromatic heterocycles. The minimum Gasteiger partial charge on any atom is -0.508 e. The summed E-state index contributed by atoms with van der Waals surface area (Å²) in [6.07, 6.45) is 3.92. The van der Waals surface area contributed by atoms with E-state index in [1.54, 1.807) is 0 Å². The molecule has 1 aromatic rings. The molecule has 0 bridgehead atoms. The highest BCUT2D eigenvalue weighted by Crippen LogP contribution is 2.29. The third kappa shape index (κ3) is 3.87. The van der Waals surface area contributed by atoms with E-state index in [9.17, 15) is 14.7 Å². The van der Waals surface area contributed by atoms with Gasteiger partial charge in [-0.15, -0.1) is 0 Å². The van der Waals surface area contributed by atoms with E-state index in [1.165, 1.54) is 29.2 Å². The number of amides is 2. The van der Waals surface area contributed by atoms with Gasteiger partial charge in [0.2, 0.25) is 0 Å². The maximum Gasteiger partial charge on any atom is 0.323 e. The van der Waals surface area contributed by atoms with E-state index in [1.807, 2.05) is 6.92 Å². The number of carboxylic acids is 1. The van der Waals surface area contributed by atoms with Gasteiger partial charge in [0.1, 0.15) is 12.3 Å². The molecule has 0 heterocycles. The summed E-state index contributed by atoms with van der Waals surface area (Å²) in [6, 6.07) is 5.47. The highest BCUT2D eigenvalue weighted by atomic mass is 16.4. The molecule has 0 aliphatic heterocycles. The van der Waals surface area contributed by atoms with Gasteiger partial charge in [-0.2, -0.15) is 0 Å². The topological polar surface area (TPSA) is 89.9 Å². The normalized spacial score (nSPS) is 16.4. The van der Waals surface area contributed by atoms with Crippen molar-refractivity contribution in [3.05, 3.63) is 24.3 Å². The molecular weight excluding hydrogens is 272 g/mol. The van der Waals surface area contributed by atoms with Crippen LogP contribution in [-0.2, 0) is 4.79 Å². The summed E-state index contributed by atoms with van der Waals surface area (Å²) in [6.45, 7) is 1.56. The lowest BCUT2D eigenvalue weighted by Crippen LogP contribution is -2.51. The van der Waals surface area contributed by atoms with Crippen LogP contribution in [0.25, 0.3) is 0 Å². The monoisotopic (exact) mass is 292 g/mol. The number of nitrogens with one attached hydrogen (secondary N) is 1. The van der Waals surface area contributed by atoms with E-state index in [0.29, 0.717) is 5.69 Å². The van der Waals surface area contributed by atoms with Gasteiger partial charge in [-0.05, 0) is 44.0 Å². The Morgan fingerprint density at radius 2 is 1.81 bits per heavy atom. The number of phenolic OH excluding ortho intramolecular Hbond substituents is 1. The number of aromatic hydroxyl groups is 1. The first-order valence-corrected chi connectivity index (χ1v) is 7.00. The fraction of sp³-hybridized carbons (Fsp3) is 0.467. The number of carbonyl (C=O) groups is 2. The minimum absolute atomic E-state index is 0.0668. The molecule has 114 valence electrons. The Labute approximate surface area is 123 Å². The van der Waals surface area contributed by atoms with Crippen LogP contribution in [0.2, 0.25) is 0 Å². The molecule has 0 spiro atoms. The van der Waals surface area contributed by atoms with Crippen LogP contribution in [0, 0.1) is 0 Å². The molecule has 1 aliphatic rings. The third-order valence-electron chi connectivity index (χ3n) is 3.82. The molecule has 6 nitrogen and oxygen atoms in total. The summed E-state index contributed by atoms with van der Waals surface area (Å²) in [5.41, 5.74) is 0.166. The van der Waals surface area contributed by atoms with Crippen LogP contribution in [0.15, 0.2) is 24.3 Å². The Morgan fingerprint density at radius 1 is 1.24 bits per heavy atom. The van der Waals surface area contributed by atoms with E-state index in [-0.39, 0.29) is 11.3 Å². The molecule has 1 fully saturated rings. The summed E-state index contributed by atoms with van der Waals surface area (Å²) in [4.78, 5) is 24.6. The SMILES string of the molecule is CC1(NC(=O)N(CC(=O)O)c2ccc(O)cc2)CCCC1. The van der Waals surface area contributed by atoms with Crippen molar-refractivity contribution in [1.82, 2.24) is 5.32 Å². The number of phenols is 1. The van der Waals surface area contributed by atoms with Crippen molar-refractivity contribution in [2.75, 3.05) is 11.4 Å². The molecule has 2 rings (SSSR count). The first-order chi connectivity index (χ1) is 9.89. The second kappa shape index (κ2) is 6.03. The molecule has 0 radical (unpaired) electrons. The fourth-order valence-electron chi connectivity index (χ4n) is 2.65. The second-order valence-electron chi connectivity index (χ2n) is 5.69. The highest BCUT2D eigenvalue weighted by Gasteiger charge is 2.32. The van der Waals surface area contributed by atoms with Crippen LogP contribution in [0.4, 0.5) is 10.5 Å². The van der Waals surface area contributed by atoms with Crippen molar-refractivity contribution < 1.29 is 19.8 Å². The highest BCUT2D eigenvalue weighted by molar-refractivity contribution is 5.96. The number of benzene rings is 1. The van der Waals surface area contributed by atoms with Gasteiger partial charge in [0.05, 0.1) is 0 Å². The third-order valence-corrected chi connectivity index (χ3v) is 3.82. The van der Waals surface area contributed by atoms with Gasteiger partial charge in [0.15, 0.2) is 0 Å². The number of carboxylic acid groups (broad SMARTS) is 1. The zero-order chi connectivity index (χ0) is 15.5. The molecule has 2 amide bonds. The quantitative estimate of drug-likeness (QED) is 0.794. The van der Waals surface area contributed by atoms with Crippen LogP contribution < -0.4 is 10.2 Å². The molecule has 0 saturated heterocycles. The minimum atomic E-state index is -1.09. The standard InChI is InChI=1S/C15H20N2O4/c1-15(8-2-3-9-15)16-14(21)17(10-13(19)20)11-4-6-12(18)7-5-11/h4-7,18H,2-3,8-10H2,1H3,(H,16,21)(H,19,20). The van der Waals surface area contributed by atoms with Gasteiger partial charge in [0, 0.05) is 11.2 Å². The van der Waals surface area contributed by atoms with Gasteiger partial charge in [-0.3, -0.25) is 9.69 Å². The number of hydrogen-bond acceptors (Lipinski definition) is 3. The molecule has 3 N–H and O–H groups in total. The van der Waals surface area contributed by atoms with Crippen molar-refractivity contribution in [3.63, 3.8) is 0 Å². The van der Waals surface area contributed by atoms with E-state index in [0.717, 1.165) is 25.7 Å². The zero-order valence-corrected chi connectivity index (χ0v) is 12.0. The van der Waals surface area contributed by atoms with Crippen LogP contribution in [0.3, 0.4) is 0 Å². The maximum absolute atomic E-state index is 12.4. The van der Waals surface area contributed by atoms with Crippen molar-refractivity contribution >= 4 is 17.7 Å². The molecule has 0 atom stereocenters. The molecular formula is C15H20N2O4. The summed E-state index contributed by atoms with van der Waals surface area (Å²) >= 11 is 0. The molecule has 1 aromatic carbocycles. The Kier molecular flexibility index (Phi) is 4.35. The van der Waals surface area contributed by atoms with Crippen molar-refractivity contribution in [3.8, 4) is 5.75 Å². The zero-order valence-electron chi connectivity index (χ0n) is 12.0. The molecule has 1 aliphatic carbocycles. The fourth-order valence-corrected chi connectivity index (χ4v) is 2.65. The number of anilines is 1. The first-order valence-electron chi connectivity index (χ1n) is 7.00. The largest absolute Gasteiger partial charge is 0.508 e. The van der Waals surface area contributed by atoms with Crippen LogP contribution in [0.5, 0.6) is 5.75 Å². The van der Waals surface area contributed by atoms with Crippen molar-refractivity contribution in [1.29, 1.82) is 0 Å². The van der Waals surface area contributed by atoms with E-state index in [2.05, 4.69) is 5.32 Å². The smallest absolute Gasteiger partial charge is 0.323 e. The van der Waals surface area contributed by atoms with Crippen molar-refractivity contribution in [2.45, 2.75) is 38.1 Å². The molecule has 6 heteroatoms. The Balaban J connectivity index is 2.16. The summed E-state index contributed by atoms with van der Waals surface area (Å²) in [5, 5.41) is 21.2. The van der Waals surface area contributed by atoms with E-state index < -0.39 is 18.5 Å². The van der Waals surface area contributed by atoms with Crippen LogP contribution in [-0.4, -0.2) is 34.3 Å². The molecule has 21 heavy (non-hydrogen) atoms. The lowest BCUT2D eigenvalue weighted by atomic mass is 10.0. The summed E-state index contributed by atoms with van der Waals surface area (Å²) in [5.74, 6) is -1.02. The lowest BCUT2D eigenvalue weighted by Gasteiger charge is -2.30. The van der Waals surface area contributed by atoms with Gasteiger partial charge >= 0.3 is 12.0 Å². The summed E-state index contributed by atoms with van der Waals surface area (Å²) in [7, 11) is 0. The van der Waals surface area contributed by atoms with Crippen LogP contribution >= 0.6 is 0 Å². The van der Waals surface area contributed by atoms with E-state index in [4.69, 9.17) is 5.11 Å². The molecule has 0 unspecified atom stereocenters. The second-order valence-corrected chi connectivity index (χ2v) is 5.69. The predicted octanol–water partition coefficient (Wildman–Crippen LogP) is 2.33. The Morgan fingerprint density at radius 3 is 2.33 bits per heavy atom. The van der Waals surface area contributed by atoms with Crippen LogP contribution in [0.1, 0.15) is 32.6 Å². The maximum atomic E-state index is 12.4. The number of urea groups is 1. The van der Waals surface area contributed by atoms with Gasteiger partial charge in [-0.25, -0.2) is 4.79 Å². The summed E-state index contributed by atoms with van der Waals surface area (Å²) < 4.78 is 0. The number of rotatable bonds is 4. The van der Waals surface area contributed by atoms with Gasteiger partial charge < -0.3 is 15.5 Å². The van der Waals surface area contributed by atoms with Gasteiger partial charge in [0.25, 0.3) is 0 Å². The number of aliphatic carboxylic acids is 1.